The number of oxazole rings is 1. The molecule has 10 heteroatoms. The van der Waals surface area contributed by atoms with E-state index >= 15 is 0 Å². The van der Waals surface area contributed by atoms with Crippen LogP contribution in [0.3, 0.4) is 0 Å². The normalized spacial score (nSPS) is 15.3. The lowest BCUT2D eigenvalue weighted by molar-refractivity contribution is 0.0938. The number of benzene rings is 1. The smallest absolute Gasteiger partial charge is 0.376 e. The Labute approximate surface area is 185 Å². The Morgan fingerprint density at radius 2 is 1.97 bits per heavy atom. The first-order valence-corrected chi connectivity index (χ1v) is 10.8. The van der Waals surface area contributed by atoms with Crippen LogP contribution in [0.15, 0.2) is 39.5 Å². The minimum atomic E-state index is -0.506. The number of amides is 1. The molecule has 2 N–H and O–H groups in total. The van der Waals surface area contributed by atoms with Crippen LogP contribution in [0.1, 0.15) is 48.9 Å². The molecule has 1 amide bonds. The molecule has 1 aromatic carbocycles. The molecule has 1 saturated heterocycles. The molecule has 0 unspecified atom stereocenters. The van der Waals surface area contributed by atoms with Gasteiger partial charge in [0.15, 0.2) is 11.5 Å². The number of rotatable bonds is 6. The molecule has 4 rings (SSSR count). The van der Waals surface area contributed by atoms with Crippen LogP contribution in [0.25, 0.3) is 22.7 Å². The van der Waals surface area contributed by atoms with Crippen LogP contribution in [0.5, 0.6) is 0 Å². The summed E-state index contributed by atoms with van der Waals surface area (Å²) in [7, 11) is -0.506. The van der Waals surface area contributed by atoms with Gasteiger partial charge in [-0.2, -0.15) is 0 Å². The molecule has 2 aromatic heterocycles. The van der Waals surface area contributed by atoms with Crippen molar-refractivity contribution in [2.45, 2.75) is 45.5 Å². The number of nitrogens with zero attached hydrogens (tertiary/aromatic N) is 3. The van der Waals surface area contributed by atoms with Crippen LogP contribution in [-0.4, -0.2) is 52.1 Å². The van der Waals surface area contributed by atoms with E-state index in [1.54, 1.807) is 19.0 Å². The average Bonchev–Trinajstić information content (AvgIpc) is 3.41. The predicted molar refractivity (Wildman–Crippen MR) is 117 cm³/mol. The van der Waals surface area contributed by atoms with E-state index in [0.717, 1.165) is 12.8 Å². The first-order valence-electron chi connectivity index (χ1n) is 10.8. The SMILES string of the molecule is CB(O)N1CCC(c2onc(-c3ccc(F)cc3)c2-c2nc(C(=O)NC(C)C)co2)CC1. The lowest BCUT2D eigenvalue weighted by Gasteiger charge is -2.31. The summed E-state index contributed by atoms with van der Waals surface area (Å²) in [5.74, 6) is 0.205. The number of hydrogen-bond acceptors (Lipinski definition) is 7. The predicted octanol–water partition coefficient (Wildman–Crippen LogP) is 3.56. The molecule has 0 spiro atoms. The van der Waals surface area contributed by atoms with Gasteiger partial charge in [0.2, 0.25) is 5.89 Å². The van der Waals surface area contributed by atoms with E-state index in [1.807, 2.05) is 18.7 Å². The van der Waals surface area contributed by atoms with Crippen molar-refractivity contribution in [1.29, 1.82) is 0 Å². The first-order chi connectivity index (χ1) is 15.3. The van der Waals surface area contributed by atoms with Crippen LogP contribution < -0.4 is 5.32 Å². The maximum Gasteiger partial charge on any atom is 0.376 e. The number of aromatic nitrogens is 2. The minimum Gasteiger partial charge on any atom is -0.443 e. The molecule has 0 radical (unpaired) electrons. The second kappa shape index (κ2) is 9.26. The van der Waals surface area contributed by atoms with E-state index in [1.165, 1.54) is 18.4 Å². The summed E-state index contributed by atoms with van der Waals surface area (Å²) < 4.78 is 24.9. The molecule has 0 bridgehead atoms. The number of nitrogens with one attached hydrogen (secondary N) is 1. The maximum atomic E-state index is 13.5. The topological polar surface area (TPSA) is 105 Å². The highest BCUT2D eigenvalue weighted by Crippen LogP contribution is 2.41. The second-order valence-electron chi connectivity index (χ2n) is 8.39. The molecule has 0 saturated carbocycles. The Balaban J connectivity index is 1.72. The number of piperidine rings is 1. The van der Waals surface area contributed by atoms with Gasteiger partial charge in [0.05, 0.1) is 0 Å². The molecular formula is C22H26BFN4O4. The summed E-state index contributed by atoms with van der Waals surface area (Å²) in [6.07, 6.45) is 2.84. The van der Waals surface area contributed by atoms with E-state index in [-0.39, 0.29) is 35.3 Å². The number of carbonyl (C=O) groups excluding carboxylic acids is 1. The largest absolute Gasteiger partial charge is 0.443 e. The van der Waals surface area contributed by atoms with Gasteiger partial charge in [-0.05, 0) is 70.9 Å². The van der Waals surface area contributed by atoms with E-state index in [0.29, 0.717) is 35.7 Å². The minimum absolute atomic E-state index is 0.0392. The van der Waals surface area contributed by atoms with Gasteiger partial charge in [0.25, 0.3) is 5.91 Å². The Morgan fingerprint density at radius 1 is 1.28 bits per heavy atom. The van der Waals surface area contributed by atoms with Crippen molar-refractivity contribution in [3.05, 3.63) is 47.8 Å². The fraction of sp³-hybridized carbons (Fsp3) is 0.409. The summed E-state index contributed by atoms with van der Waals surface area (Å²) in [5.41, 5.74) is 1.87. The van der Waals surface area contributed by atoms with E-state index in [9.17, 15) is 14.2 Å². The molecule has 3 aromatic rings. The monoisotopic (exact) mass is 440 g/mol. The van der Waals surface area contributed by atoms with Crippen LogP contribution in [-0.2, 0) is 0 Å². The van der Waals surface area contributed by atoms with Crippen molar-refractivity contribution in [3.8, 4) is 22.7 Å². The standard InChI is InChI=1S/C22H26BFN4O4/c1-13(2)25-21(29)17-12-31-22(26-17)18-19(14-4-6-16(24)7-5-14)27-32-20(18)15-8-10-28(11-9-15)23(3)30/h4-7,12-13,15,30H,8-11H2,1-3H3,(H,25,29). The molecule has 1 aliphatic rings. The zero-order valence-electron chi connectivity index (χ0n) is 18.3. The average molecular weight is 440 g/mol. The van der Waals surface area contributed by atoms with Gasteiger partial charge in [-0.15, -0.1) is 0 Å². The van der Waals surface area contributed by atoms with E-state index < -0.39 is 7.05 Å². The summed E-state index contributed by atoms with van der Waals surface area (Å²) in [6.45, 7) is 6.90. The van der Waals surface area contributed by atoms with Gasteiger partial charge in [-0.25, -0.2) is 9.37 Å². The maximum absolute atomic E-state index is 13.5. The zero-order valence-corrected chi connectivity index (χ0v) is 18.3. The van der Waals surface area contributed by atoms with E-state index in [4.69, 9.17) is 8.94 Å². The van der Waals surface area contributed by atoms with Gasteiger partial charge in [0.1, 0.15) is 23.3 Å². The van der Waals surface area contributed by atoms with Gasteiger partial charge < -0.3 is 24.1 Å². The summed E-state index contributed by atoms with van der Waals surface area (Å²) in [6, 6.07) is 5.90. The van der Waals surface area contributed by atoms with E-state index in [2.05, 4.69) is 15.5 Å². The van der Waals surface area contributed by atoms with Gasteiger partial charge in [-0.1, -0.05) is 5.16 Å². The number of halogens is 1. The highest BCUT2D eigenvalue weighted by Gasteiger charge is 2.33. The molecule has 1 aliphatic heterocycles. The molecule has 3 heterocycles. The molecule has 8 nitrogen and oxygen atoms in total. The third-order valence-corrected chi connectivity index (χ3v) is 5.64. The van der Waals surface area contributed by atoms with Crippen molar-refractivity contribution in [1.82, 2.24) is 20.3 Å². The van der Waals surface area contributed by atoms with Crippen LogP contribution in [0.2, 0.25) is 6.82 Å². The quantitative estimate of drug-likeness (QED) is 0.565. The highest BCUT2D eigenvalue weighted by molar-refractivity contribution is 6.45. The molecule has 0 atom stereocenters. The Morgan fingerprint density at radius 3 is 2.59 bits per heavy atom. The van der Waals surface area contributed by atoms with Gasteiger partial charge in [0, 0.05) is 17.5 Å². The van der Waals surface area contributed by atoms with Crippen molar-refractivity contribution >= 4 is 13.0 Å². The summed E-state index contributed by atoms with van der Waals surface area (Å²) >= 11 is 0. The zero-order chi connectivity index (χ0) is 22.8. The fourth-order valence-corrected chi connectivity index (χ4v) is 3.96. The van der Waals surface area contributed by atoms with Crippen molar-refractivity contribution < 1.29 is 23.1 Å². The Kier molecular flexibility index (Phi) is 6.43. The molecular weight excluding hydrogens is 414 g/mol. The molecule has 168 valence electrons. The Bertz CT molecular complexity index is 1070. The fourth-order valence-electron chi connectivity index (χ4n) is 3.96. The van der Waals surface area contributed by atoms with Crippen molar-refractivity contribution in [2.75, 3.05) is 13.1 Å². The molecule has 0 aliphatic carbocycles. The summed E-state index contributed by atoms with van der Waals surface area (Å²) in [5, 5.41) is 16.9. The first kappa shape index (κ1) is 22.2. The lowest BCUT2D eigenvalue weighted by atomic mass is 9.80. The van der Waals surface area contributed by atoms with Gasteiger partial charge >= 0.3 is 7.05 Å². The van der Waals surface area contributed by atoms with Crippen LogP contribution >= 0.6 is 0 Å². The third kappa shape index (κ3) is 4.61. The third-order valence-electron chi connectivity index (χ3n) is 5.64. The highest BCUT2D eigenvalue weighted by atomic mass is 19.1. The summed E-state index contributed by atoms with van der Waals surface area (Å²) in [4.78, 5) is 18.8. The van der Waals surface area contributed by atoms with Crippen LogP contribution in [0, 0.1) is 5.82 Å². The Hall–Kier alpha value is -2.98. The molecule has 32 heavy (non-hydrogen) atoms. The van der Waals surface area contributed by atoms with Crippen molar-refractivity contribution in [3.63, 3.8) is 0 Å². The van der Waals surface area contributed by atoms with Crippen LogP contribution in [0.4, 0.5) is 4.39 Å². The number of carbonyl (C=O) groups is 1. The molecule has 1 fully saturated rings. The second-order valence-corrected chi connectivity index (χ2v) is 8.39. The van der Waals surface area contributed by atoms with Crippen molar-refractivity contribution in [2.24, 2.45) is 0 Å². The number of hydrogen-bond donors (Lipinski definition) is 2. The van der Waals surface area contributed by atoms with Gasteiger partial charge in [-0.3, -0.25) is 4.79 Å². The lowest BCUT2D eigenvalue weighted by Crippen LogP contribution is -2.42.